The van der Waals surface area contributed by atoms with Crippen molar-refractivity contribution in [2.75, 3.05) is 5.32 Å². The van der Waals surface area contributed by atoms with E-state index in [9.17, 15) is 31.5 Å². The van der Waals surface area contributed by atoms with Crippen LogP contribution in [0, 0.1) is 0 Å². The Morgan fingerprint density at radius 3 is 2.31 bits per heavy atom. The molecule has 0 bridgehead atoms. The lowest BCUT2D eigenvalue weighted by atomic mass is 10.1. The smallest absolute Gasteiger partial charge is 0.416 e. The van der Waals surface area contributed by atoms with E-state index in [2.05, 4.69) is 5.32 Å². The molecule has 0 spiro atoms. The van der Waals surface area contributed by atoms with E-state index in [0.717, 1.165) is 29.8 Å². The van der Waals surface area contributed by atoms with Gasteiger partial charge in [0, 0.05) is 12.6 Å². The zero-order chi connectivity index (χ0) is 23.5. The van der Waals surface area contributed by atoms with Crippen LogP contribution in [0.1, 0.15) is 21.5 Å². The number of benzene rings is 3. The quantitative estimate of drug-likeness (QED) is 0.473. The number of sulfonamides is 1. The largest absolute Gasteiger partial charge is 0.478 e. The average Bonchev–Trinajstić information content (AvgIpc) is 2.71. The third-order valence-corrected chi connectivity index (χ3v) is 5.27. The van der Waals surface area contributed by atoms with E-state index in [1.54, 1.807) is 30.3 Å². The highest BCUT2D eigenvalue weighted by molar-refractivity contribution is 7.89. The lowest BCUT2D eigenvalue weighted by Gasteiger charge is -2.16. The van der Waals surface area contributed by atoms with Gasteiger partial charge in [0.2, 0.25) is 10.0 Å². The number of hydrogen-bond acceptors (Lipinski definition) is 5. The molecule has 0 heterocycles. The van der Waals surface area contributed by atoms with E-state index >= 15 is 0 Å². The van der Waals surface area contributed by atoms with Crippen LogP contribution in [0.2, 0.25) is 0 Å². The van der Waals surface area contributed by atoms with Crippen molar-refractivity contribution in [1.82, 2.24) is 0 Å². The molecule has 3 aromatic carbocycles. The van der Waals surface area contributed by atoms with Crippen LogP contribution in [0.15, 0.2) is 71.6 Å². The monoisotopic (exact) mass is 466 g/mol. The lowest BCUT2D eigenvalue weighted by molar-refractivity contribution is -0.137. The zero-order valence-corrected chi connectivity index (χ0v) is 17.1. The summed E-state index contributed by atoms with van der Waals surface area (Å²) in [5.41, 5.74) is -0.603. The number of carboxylic acid groups (broad SMARTS) is 1. The molecule has 3 aromatic rings. The summed E-state index contributed by atoms with van der Waals surface area (Å²) >= 11 is 0. The highest BCUT2D eigenvalue weighted by Crippen LogP contribution is 2.36. The molecule has 3 rings (SSSR count). The van der Waals surface area contributed by atoms with E-state index in [4.69, 9.17) is 9.88 Å². The number of rotatable bonds is 7. The topological polar surface area (TPSA) is 119 Å². The summed E-state index contributed by atoms with van der Waals surface area (Å²) in [5.74, 6) is -2.16. The van der Waals surface area contributed by atoms with Crippen LogP contribution in [-0.4, -0.2) is 19.5 Å². The number of anilines is 1. The zero-order valence-electron chi connectivity index (χ0n) is 16.3. The fourth-order valence-corrected chi connectivity index (χ4v) is 3.50. The molecule has 0 atom stereocenters. The average molecular weight is 466 g/mol. The van der Waals surface area contributed by atoms with E-state index in [-0.39, 0.29) is 18.0 Å². The van der Waals surface area contributed by atoms with Gasteiger partial charge in [-0.15, -0.1) is 0 Å². The molecule has 0 aliphatic heterocycles. The molecule has 168 valence electrons. The Bertz CT molecular complexity index is 1250. The Hall–Kier alpha value is -3.57. The summed E-state index contributed by atoms with van der Waals surface area (Å²) in [6, 6.07) is 14.6. The van der Waals surface area contributed by atoms with Gasteiger partial charge in [-0.05, 0) is 29.8 Å². The van der Waals surface area contributed by atoms with Gasteiger partial charge in [0.05, 0.1) is 16.8 Å². The van der Waals surface area contributed by atoms with Crippen molar-refractivity contribution in [3.8, 4) is 11.5 Å². The molecule has 4 N–H and O–H groups in total. The van der Waals surface area contributed by atoms with Crippen molar-refractivity contribution < 1.29 is 36.2 Å². The fraction of sp³-hybridized carbons (Fsp3) is 0.0952. The number of carbonyl (C=O) groups is 1. The number of halogens is 3. The standard InChI is InChI=1S/C21H17F3N2O5S/c22-21(23,24)14-7-4-8-15(9-14)31-18-11-17(26-12-13-5-2-1-3-6-13)16(20(27)28)10-19(18)32(25,29)30/h1-11,26H,12H2,(H,27,28)(H2,25,29,30). The third-order valence-electron chi connectivity index (χ3n) is 4.34. The maximum atomic E-state index is 13.0. The second-order valence-electron chi connectivity index (χ2n) is 6.66. The van der Waals surface area contributed by atoms with Crippen molar-refractivity contribution >= 4 is 21.7 Å². The predicted molar refractivity (Wildman–Crippen MR) is 110 cm³/mol. The normalized spacial score (nSPS) is 11.8. The maximum Gasteiger partial charge on any atom is 0.416 e. The molecular formula is C21H17F3N2O5S. The fourth-order valence-electron chi connectivity index (χ4n) is 2.84. The van der Waals surface area contributed by atoms with Crippen molar-refractivity contribution in [3.63, 3.8) is 0 Å². The van der Waals surface area contributed by atoms with Gasteiger partial charge < -0.3 is 15.2 Å². The molecule has 11 heteroatoms. The van der Waals surface area contributed by atoms with E-state index in [0.29, 0.717) is 6.07 Å². The molecule has 0 saturated heterocycles. The third kappa shape index (κ3) is 5.56. The molecular weight excluding hydrogens is 449 g/mol. The first-order valence-corrected chi connectivity index (χ1v) is 10.6. The molecule has 0 unspecified atom stereocenters. The number of nitrogens with one attached hydrogen (secondary N) is 1. The van der Waals surface area contributed by atoms with Crippen LogP contribution in [0.3, 0.4) is 0 Å². The summed E-state index contributed by atoms with van der Waals surface area (Å²) in [5, 5.41) is 17.6. The minimum Gasteiger partial charge on any atom is -0.478 e. The number of alkyl halides is 3. The highest BCUT2D eigenvalue weighted by Gasteiger charge is 2.31. The van der Waals surface area contributed by atoms with Gasteiger partial charge in [-0.2, -0.15) is 13.2 Å². The van der Waals surface area contributed by atoms with Crippen LogP contribution < -0.4 is 15.2 Å². The van der Waals surface area contributed by atoms with Crippen LogP contribution >= 0.6 is 0 Å². The van der Waals surface area contributed by atoms with Gasteiger partial charge in [-0.3, -0.25) is 0 Å². The maximum absolute atomic E-state index is 13.0. The second-order valence-corrected chi connectivity index (χ2v) is 8.19. The molecule has 0 radical (unpaired) electrons. The molecule has 0 amide bonds. The van der Waals surface area contributed by atoms with Crippen molar-refractivity contribution in [2.45, 2.75) is 17.6 Å². The molecule has 0 fully saturated rings. The number of nitrogens with two attached hydrogens (primary N) is 1. The van der Waals surface area contributed by atoms with E-state index in [1.165, 1.54) is 6.07 Å². The van der Waals surface area contributed by atoms with Crippen LogP contribution in [-0.2, 0) is 22.7 Å². The summed E-state index contributed by atoms with van der Waals surface area (Å²) in [6.07, 6.45) is -4.64. The van der Waals surface area contributed by atoms with Crippen molar-refractivity contribution in [2.24, 2.45) is 5.14 Å². The Labute approximate surface area is 181 Å². The predicted octanol–water partition coefficient (Wildman–Crippen LogP) is 4.46. The molecule has 0 aromatic heterocycles. The Balaban J connectivity index is 2.06. The molecule has 0 saturated carbocycles. The van der Waals surface area contributed by atoms with Crippen LogP contribution in [0.5, 0.6) is 11.5 Å². The number of hydrogen-bond donors (Lipinski definition) is 3. The first kappa shape index (κ1) is 23.1. The molecule has 0 aliphatic carbocycles. The number of carboxylic acids is 1. The highest BCUT2D eigenvalue weighted by atomic mass is 32.2. The van der Waals surface area contributed by atoms with Gasteiger partial charge >= 0.3 is 12.1 Å². The molecule has 0 aliphatic rings. The van der Waals surface area contributed by atoms with Crippen LogP contribution in [0.25, 0.3) is 0 Å². The van der Waals surface area contributed by atoms with Gasteiger partial charge in [0.15, 0.2) is 0 Å². The lowest BCUT2D eigenvalue weighted by Crippen LogP contribution is -2.16. The second kappa shape index (κ2) is 8.89. The summed E-state index contributed by atoms with van der Waals surface area (Å²) in [4.78, 5) is 11.0. The first-order chi connectivity index (χ1) is 14.9. The van der Waals surface area contributed by atoms with Gasteiger partial charge in [0.25, 0.3) is 0 Å². The first-order valence-electron chi connectivity index (χ1n) is 9.02. The van der Waals surface area contributed by atoms with Crippen molar-refractivity contribution in [1.29, 1.82) is 0 Å². The number of primary sulfonamides is 1. The summed E-state index contributed by atoms with van der Waals surface area (Å²) < 4.78 is 68.5. The minimum absolute atomic E-state index is 0.00395. The number of aromatic carboxylic acids is 1. The van der Waals surface area contributed by atoms with Crippen LogP contribution in [0.4, 0.5) is 18.9 Å². The van der Waals surface area contributed by atoms with Gasteiger partial charge in [0.1, 0.15) is 16.4 Å². The van der Waals surface area contributed by atoms with Gasteiger partial charge in [-0.25, -0.2) is 18.4 Å². The summed E-state index contributed by atoms with van der Waals surface area (Å²) in [6.45, 7) is 0.193. The summed E-state index contributed by atoms with van der Waals surface area (Å²) in [7, 11) is -4.47. The van der Waals surface area contributed by atoms with Crippen molar-refractivity contribution in [3.05, 3.63) is 83.4 Å². The minimum atomic E-state index is -4.64. The Kier molecular flexibility index (Phi) is 6.42. The molecule has 7 nitrogen and oxygen atoms in total. The van der Waals surface area contributed by atoms with E-state index in [1.807, 2.05) is 0 Å². The number of ether oxygens (including phenoxy) is 1. The van der Waals surface area contributed by atoms with E-state index < -0.39 is 43.9 Å². The Morgan fingerprint density at radius 2 is 1.72 bits per heavy atom. The van der Waals surface area contributed by atoms with Gasteiger partial charge in [-0.1, -0.05) is 36.4 Å². The Morgan fingerprint density at radius 1 is 1.03 bits per heavy atom. The SMILES string of the molecule is NS(=O)(=O)c1cc(C(=O)O)c(NCc2ccccc2)cc1Oc1cccc(C(F)(F)F)c1. The molecule has 32 heavy (non-hydrogen) atoms.